The van der Waals surface area contributed by atoms with Crippen LogP contribution in [0, 0.1) is 11.7 Å². The molecule has 0 aliphatic carbocycles. The number of hydrogen-bond donors (Lipinski definition) is 2. The van der Waals surface area contributed by atoms with Crippen molar-refractivity contribution >= 4 is 17.5 Å². The lowest BCUT2D eigenvalue weighted by molar-refractivity contribution is -0.123. The van der Waals surface area contributed by atoms with Gasteiger partial charge in [0.25, 0.3) is 0 Å². The summed E-state index contributed by atoms with van der Waals surface area (Å²) in [6.45, 7) is 4.38. The van der Waals surface area contributed by atoms with Crippen LogP contribution in [0.25, 0.3) is 0 Å². The van der Waals surface area contributed by atoms with E-state index >= 15 is 0 Å². The minimum atomic E-state index is -0.361. The molecule has 106 valence electrons. The molecular formula is C14H20ClFN2O. The maximum absolute atomic E-state index is 13.6. The average Bonchev–Trinajstić information content (AvgIpc) is 2.34. The zero-order chi connectivity index (χ0) is 14.4. The molecule has 0 saturated heterocycles. The predicted octanol–water partition coefficient (Wildman–Crippen LogP) is 2.73. The molecule has 3 nitrogen and oxygen atoms in total. The van der Waals surface area contributed by atoms with Crippen LogP contribution in [0.1, 0.15) is 25.8 Å². The molecule has 1 atom stereocenters. The number of nitrogens with one attached hydrogen (secondary N) is 2. The smallest absolute Gasteiger partial charge is 0.236 e. The van der Waals surface area contributed by atoms with Gasteiger partial charge in [0, 0.05) is 24.2 Å². The molecule has 0 aliphatic rings. The molecule has 0 heterocycles. The van der Waals surface area contributed by atoms with Gasteiger partial charge >= 0.3 is 0 Å². The first kappa shape index (κ1) is 15.9. The van der Waals surface area contributed by atoms with E-state index in [-0.39, 0.29) is 17.8 Å². The van der Waals surface area contributed by atoms with Gasteiger partial charge in [0.05, 0.1) is 6.04 Å². The highest BCUT2D eigenvalue weighted by atomic mass is 35.5. The summed E-state index contributed by atoms with van der Waals surface area (Å²) in [6, 6.07) is 4.22. The fourth-order valence-electron chi connectivity index (χ4n) is 1.83. The Kier molecular flexibility index (Phi) is 6.25. The lowest BCUT2D eigenvalue weighted by Crippen LogP contribution is -2.43. The molecule has 1 aromatic rings. The summed E-state index contributed by atoms with van der Waals surface area (Å²) in [5, 5.41) is 6.06. The second-order valence-corrected chi connectivity index (χ2v) is 5.35. The first-order chi connectivity index (χ1) is 8.93. The summed E-state index contributed by atoms with van der Waals surface area (Å²) in [7, 11) is 1.60. The third-order valence-electron chi connectivity index (χ3n) is 2.82. The summed E-state index contributed by atoms with van der Waals surface area (Å²) in [4.78, 5) is 11.7. The summed E-state index contributed by atoms with van der Waals surface area (Å²) in [5.74, 6) is -0.0619. The van der Waals surface area contributed by atoms with Crippen molar-refractivity contribution < 1.29 is 9.18 Å². The first-order valence-electron chi connectivity index (χ1n) is 6.33. The maximum Gasteiger partial charge on any atom is 0.236 e. The van der Waals surface area contributed by atoms with Crippen LogP contribution in [0.15, 0.2) is 18.2 Å². The Morgan fingerprint density at radius 1 is 1.42 bits per heavy atom. The van der Waals surface area contributed by atoms with Gasteiger partial charge in [-0.15, -0.1) is 0 Å². The van der Waals surface area contributed by atoms with Crippen LogP contribution in [-0.2, 0) is 11.3 Å². The Morgan fingerprint density at radius 3 is 2.63 bits per heavy atom. The van der Waals surface area contributed by atoms with Crippen LogP contribution in [0.2, 0.25) is 5.02 Å². The van der Waals surface area contributed by atoms with Gasteiger partial charge in [0.15, 0.2) is 0 Å². The van der Waals surface area contributed by atoms with Crippen LogP contribution in [0.5, 0.6) is 0 Å². The van der Waals surface area contributed by atoms with E-state index in [1.807, 2.05) is 13.8 Å². The van der Waals surface area contributed by atoms with E-state index in [1.165, 1.54) is 6.07 Å². The van der Waals surface area contributed by atoms with Crippen LogP contribution >= 0.6 is 11.6 Å². The van der Waals surface area contributed by atoms with Crippen LogP contribution in [0.3, 0.4) is 0 Å². The molecule has 1 rings (SSSR count). The molecule has 0 fully saturated rings. The fraction of sp³-hybridized carbons (Fsp3) is 0.500. The number of carbonyl (C=O) groups excluding carboxylic acids is 1. The van der Waals surface area contributed by atoms with Crippen molar-refractivity contribution in [1.82, 2.24) is 10.6 Å². The van der Waals surface area contributed by atoms with Crippen molar-refractivity contribution in [1.29, 1.82) is 0 Å². The van der Waals surface area contributed by atoms with E-state index < -0.39 is 0 Å². The summed E-state index contributed by atoms with van der Waals surface area (Å²) >= 11 is 5.70. The highest BCUT2D eigenvalue weighted by Gasteiger charge is 2.18. The van der Waals surface area contributed by atoms with Gasteiger partial charge < -0.3 is 10.6 Å². The molecule has 0 aromatic heterocycles. The molecule has 0 bridgehead atoms. The Labute approximate surface area is 118 Å². The number of carbonyl (C=O) groups is 1. The topological polar surface area (TPSA) is 41.1 Å². The lowest BCUT2D eigenvalue weighted by Gasteiger charge is -2.19. The zero-order valence-electron chi connectivity index (χ0n) is 11.5. The molecular weight excluding hydrogens is 267 g/mol. The Hall–Kier alpha value is -1.13. The minimum Gasteiger partial charge on any atom is -0.358 e. The van der Waals surface area contributed by atoms with Crippen molar-refractivity contribution in [3.8, 4) is 0 Å². The van der Waals surface area contributed by atoms with Crippen LogP contribution < -0.4 is 10.6 Å². The monoisotopic (exact) mass is 286 g/mol. The van der Waals surface area contributed by atoms with Crippen molar-refractivity contribution in [2.75, 3.05) is 7.05 Å². The Bertz CT molecular complexity index is 437. The van der Waals surface area contributed by atoms with Gasteiger partial charge in [-0.05, 0) is 24.5 Å². The van der Waals surface area contributed by atoms with E-state index in [4.69, 9.17) is 11.6 Å². The molecule has 0 radical (unpaired) electrons. The minimum absolute atomic E-state index is 0.0805. The Morgan fingerprint density at radius 2 is 2.11 bits per heavy atom. The Balaban J connectivity index is 2.67. The third kappa shape index (κ3) is 5.17. The van der Waals surface area contributed by atoms with Gasteiger partial charge in [-0.1, -0.05) is 31.5 Å². The normalized spacial score (nSPS) is 12.5. The first-order valence-corrected chi connectivity index (χ1v) is 6.70. The van der Waals surface area contributed by atoms with Gasteiger partial charge in [0.1, 0.15) is 5.82 Å². The highest BCUT2D eigenvalue weighted by molar-refractivity contribution is 6.30. The van der Waals surface area contributed by atoms with E-state index in [0.29, 0.717) is 29.5 Å². The number of rotatable bonds is 6. The number of hydrogen-bond acceptors (Lipinski definition) is 2. The van der Waals surface area contributed by atoms with Gasteiger partial charge in [-0.2, -0.15) is 0 Å². The van der Waals surface area contributed by atoms with E-state index in [2.05, 4.69) is 10.6 Å². The quantitative estimate of drug-likeness (QED) is 0.844. The predicted molar refractivity (Wildman–Crippen MR) is 75.6 cm³/mol. The maximum atomic E-state index is 13.6. The van der Waals surface area contributed by atoms with Crippen LogP contribution in [0.4, 0.5) is 4.39 Å². The highest BCUT2D eigenvalue weighted by Crippen LogP contribution is 2.15. The molecule has 0 saturated carbocycles. The SMILES string of the molecule is CNC(=O)C(CC(C)C)NCc1ccc(Cl)cc1F. The zero-order valence-corrected chi connectivity index (χ0v) is 12.2. The van der Waals surface area contributed by atoms with Crippen molar-refractivity contribution in [3.63, 3.8) is 0 Å². The van der Waals surface area contributed by atoms with E-state index in [1.54, 1.807) is 19.2 Å². The standard InChI is InChI=1S/C14H20ClFN2O/c1-9(2)6-13(14(19)17-3)18-8-10-4-5-11(15)7-12(10)16/h4-5,7,9,13,18H,6,8H2,1-3H3,(H,17,19). The van der Waals surface area contributed by atoms with E-state index in [0.717, 1.165) is 0 Å². The van der Waals surface area contributed by atoms with Crippen molar-refractivity contribution in [2.45, 2.75) is 32.9 Å². The molecule has 1 amide bonds. The molecule has 1 aromatic carbocycles. The number of amides is 1. The third-order valence-corrected chi connectivity index (χ3v) is 3.06. The molecule has 1 unspecified atom stereocenters. The average molecular weight is 287 g/mol. The molecule has 0 aliphatic heterocycles. The number of benzene rings is 1. The second kappa shape index (κ2) is 7.46. The van der Waals surface area contributed by atoms with Crippen molar-refractivity contribution in [3.05, 3.63) is 34.6 Å². The van der Waals surface area contributed by atoms with Gasteiger partial charge in [-0.3, -0.25) is 4.79 Å². The summed E-state index contributed by atoms with van der Waals surface area (Å²) in [6.07, 6.45) is 0.703. The summed E-state index contributed by atoms with van der Waals surface area (Å²) < 4.78 is 13.6. The number of halogens is 2. The largest absolute Gasteiger partial charge is 0.358 e. The fourth-order valence-corrected chi connectivity index (χ4v) is 1.99. The summed E-state index contributed by atoms with van der Waals surface area (Å²) in [5.41, 5.74) is 0.502. The van der Waals surface area contributed by atoms with Crippen LogP contribution in [-0.4, -0.2) is 19.0 Å². The van der Waals surface area contributed by atoms with Crippen molar-refractivity contribution in [2.24, 2.45) is 5.92 Å². The van der Waals surface area contributed by atoms with E-state index in [9.17, 15) is 9.18 Å². The molecule has 0 spiro atoms. The second-order valence-electron chi connectivity index (χ2n) is 4.91. The molecule has 2 N–H and O–H groups in total. The van der Waals surface area contributed by atoms with Gasteiger partial charge in [-0.25, -0.2) is 4.39 Å². The van der Waals surface area contributed by atoms with Gasteiger partial charge in [0.2, 0.25) is 5.91 Å². The number of likely N-dealkylation sites (N-methyl/N-ethyl adjacent to an activating group) is 1. The molecule has 5 heteroatoms. The molecule has 19 heavy (non-hydrogen) atoms. The lowest BCUT2D eigenvalue weighted by atomic mass is 10.0.